The van der Waals surface area contributed by atoms with Gasteiger partial charge in [-0.3, -0.25) is 0 Å². The lowest BCUT2D eigenvalue weighted by Gasteiger charge is -2.21. The van der Waals surface area contributed by atoms with Crippen LogP contribution in [0.15, 0.2) is 24.3 Å². The van der Waals surface area contributed by atoms with Gasteiger partial charge in [0.05, 0.1) is 12.2 Å². The Morgan fingerprint density at radius 1 is 1.29 bits per heavy atom. The fourth-order valence-electron chi connectivity index (χ4n) is 2.41. The molecule has 2 rings (SSSR count). The smallest absolute Gasteiger partial charge is 0.120 e. The second kappa shape index (κ2) is 8.40. The SMILES string of the molecule is CCCNC(CCC(C)OC)c1cccc(OC2CC2)c1. The highest BCUT2D eigenvalue weighted by molar-refractivity contribution is 5.31. The van der Waals surface area contributed by atoms with Crippen molar-refractivity contribution in [1.82, 2.24) is 5.32 Å². The number of benzene rings is 1. The maximum absolute atomic E-state index is 5.91. The molecule has 2 atom stereocenters. The molecule has 1 aromatic carbocycles. The van der Waals surface area contributed by atoms with Crippen LogP contribution in [0.25, 0.3) is 0 Å². The summed E-state index contributed by atoms with van der Waals surface area (Å²) < 4.78 is 11.3. The van der Waals surface area contributed by atoms with Crippen LogP contribution in [0.1, 0.15) is 57.6 Å². The summed E-state index contributed by atoms with van der Waals surface area (Å²) in [7, 11) is 1.78. The maximum atomic E-state index is 5.91. The molecule has 3 heteroatoms. The average molecular weight is 291 g/mol. The topological polar surface area (TPSA) is 30.5 Å². The van der Waals surface area contributed by atoms with Crippen molar-refractivity contribution in [2.45, 2.75) is 64.2 Å². The van der Waals surface area contributed by atoms with Gasteiger partial charge in [-0.1, -0.05) is 19.1 Å². The molecule has 1 saturated carbocycles. The quantitative estimate of drug-likeness (QED) is 0.704. The summed E-state index contributed by atoms with van der Waals surface area (Å²) >= 11 is 0. The van der Waals surface area contributed by atoms with Gasteiger partial charge >= 0.3 is 0 Å². The van der Waals surface area contributed by atoms with E-state index in [1.54, 1.807) is 7.11 Å². The van der Waals surface area contributed by atoms with Crippen LogP contribution in [0.5, 0.6) is 5.75 Å². The third-order valence-electron chi connectivity index (χ3n) is 3.99. The van der Waals surface area contributed by atoms with E-state index in [9.17, 15) is 0 Å². The molecule has 1 fully saturated rings. The van der Waals surface area contributed by atoms with E-state index in [0.717, 1.165) is 31.6 Å². The minimum Gasteiger partial charge on any atom is -0.490 e. The lowest BCUT2D eigenvalue weighted by atomic mass is 10.00. The molecule has 21 heavy (non-hydrogen) atoms. The van der Waals surface area contributed by atoms with Crippen molar-refractivity contribution in [1.29, 1.82) is 0 Å². The molecular weight excluding hydrogens is 262 g/mol. The van der Waals surface area contributed by atoms with E-state index in [2.05, 4.69) is 43.4 Å². The molecule has 1 N–H and O–H groups in total. The number of methoxy groups -OCH3 is 1. The van der Waals surface area contributed by atoms with Gasteiger partial charge in [0.1, 0.15) is 5.75 Å². The Morgan fingerprint density at radius 3 is 2.76 bits per heavy atom. The van der Waals surface area contributed by atoms with Crippen LogP contribution >= 0.6 is 0 Å². The van der Waals surface area contributed by atoms with Crippen LogP contribution in [-0.4, -0.2) is 25.9 Å². The first-order chi connectivity index (χ1) is 10.2. The number of hydrogen-bond donors (Lipinski definition) is 1. The summed E-state index contributed by atoms with van der Waals surface area (Å²) in [5, 5.41) is 3.65. The second-order valence-electron chi connectivity index (χ2n) is 6.02. The van der Waals surface area contributed by atoms with Gasteiger partial charge in [0.15, 0.2) is 0 Å². The Labute approximate surface area is 129 Å². The van der Waals surface area contributed by atoms with E-state index in [1.807, 2.05) is 0 Å². The fourth-order valence-corrected chi connectivity index (χ4v) is 2.41. The van der Waals surface area contributed by atoms with E-state index < -0.39 is 0 Å². The van der Waals surface area contributed by atoms with Crippen LogP contribution in [-0.2, 0) is 4.74 Å². The normalized spacial score (nSPS) is 17.5. The number of hydrogen-bond acceptors (Lipinski definition) is 3. The molecule has 3 nitrogen and oxygen atoms in total. The average Bonchev–Trinajstić information content (AvgIpc) is 3.31. The van der Waals surface area contributed by atoms with Gasteiger partial charge in [0, 0.05) is 13.2 Å². The molecule has 0 heterocycles. The Kier molecular flexibility index (Phi) is 6.52. The molecule has 1 aliphatic carbocycles. The highest BCUT2D eigenvalue weighted by Gasteiger charge is 2.23. The monoisotopic (exact) mass is 291 g/mol. The van der Waals surface area contributed by atoms with Crippen molar-refractivity contribution < 1.29 is 9.47 Å². The van der Waals surface area contributed by atoms with Gasteiger partial charge in [-0.25, -0.2) is 0 Å². The minimum atomic E-state index is 0.307. The molecule has 2 unspecified atom stereocenters. The molecule has 0 spiro atoms. The zero-order valence-corrected chi connectivity index (χ0v) is 13.6. The van der Waals surface area contributed by atoms with Crippen molar-refractivity contribution in [3.63, 3.8) is 0 Å². The molecule has 1 aromatic rings. The maximum Gasteiger partial charge on any atom is 0.120 e. The van der Waals surface area contributed by atoms with Crippen molar-refractivity contribution in [3.8, 4) is 5.75 Å². The Balaban J connectivity index is 1.99. The van der Waals surface area contributed by atoms with Crippen LogP contribution in [0.2, 0.25) is 0 Å². The van der Waals surface area contributed by atoms with Crippen LogP contribution in [0, 0.1) is 0 Å². The van der Waals surface area contributed by atoms with Crippen molar-refractivity contribution in [2.75, 3.05) is 13.7 Å². The summed E-state index contributed by atoms with van der Waals surface area (Å²) in [5.74, 6) is 1.01. The summed E-state index contributed by atoms with van der Waals surface area (Å²) in [6.07, 6.45) is 6.46. The second-order valence-corrected chi connectivity index (χ2v) is 6.02. The number of nitrogens with one attached hydrogen (secondary N) is 1. The van der Waals surface area contributed by atoms with Crippen molar-refractivity contribution in [2.24, 2.45) is 0 Å². The zero-order valence-electron chi connectivity index (χ0n) is 13.6. The van der Waals surface area contributed by atoms with Gasteiger partial charge in [0.2, 0.25) is 0 Å². The fraction of sp³-hybridized carbons (Fsp3) is 0.667. The first kappa shape index (κ1) is 16.3. The van der Waals surface area contributed by atoms with E-state index in [-0.39, 0.29) is 0 Å². The summed E-state index contributed by atoms with van der Waals surface area (Å²) in [4.78, 5) is 0. The highest BCUT2D eigenvalue weighted by atomic mass is 16.5. The third kappa shape index (κ3) is 5.68. The summed E-state index contributed by atoms with van der Waals surface area (Å²) in [6, 6.07) is 8.95. The molecule has 0 aliphatic heterocycles. The van der Waals surface area contributed by atoms with E-state index in [4.69, 9.17) is 9.47 Å². The predicted molar refractivity (Wildman–Crippen MR) is 86.8 cm³/mol. The largest absolute Gasteiger partial charge is 0.490 e. The zero-order chi connectivity index (χ0) is 15.1. The molecule has 0 radical (unpaired) electrons. The van der Waals surface area contributed by atoms with Gasteiger partial charge < -0.3 is 14.8 Å². The molecule has 1 aliphatic rings. The third-order valence-corrected chi connectivity index (χ3v) is 3.99. The lowest BCUT2D eigenvalue weighted by molar-refractivity contribution is 0.106. The summed E-state index contributed by atoms with van der Waals surface area (Å²) in [6.45, 7) is 5.37. The van der Waals surface area contributed by atoms with Gasteiger partial charge in [-0.2, -0.15) is 0 Å². The van der Waals surface area contributed by atoms with Crippen molar-refractivity contribution >= 4 is 0 Å². The van der Waals surface area contributed by atoms with E-state index in [1.165, 1.54) is 18.4 Å². The molecular formula is C18H29NO2. The van der Waals surface area contributed by atoms with E-state index in [0.29, 0.717) is 18.2 Å². The molecule has 118 valence electrons. The van der Waals surface area contributed by atoms with Gasteiger partial charge in [0.25, 0.3) is 0 Å². The first-order valence-electron chi connectivity index (χ1n) is 8.25. The van der Waals surface area contributed by atoms with Crippen LogP contribution < -0.4 is 10.1 Å². The van der Waals surface area contributed by atoms with Gasteiger partial charge in [-0.15, -0.1) is 0 Å². The van der Waals surface area contributed by atoms with Crippen molar-refractivity contribution in [3.05, 3.63) is 29.8 Å². The Hall–Kier alpha value is -1.06. The molecule has 0 aromatic heterocycles. The minimum absolute atomic E-state index is 0.307. The van der Waals surface area contributed by atoms with Crippen LogP contribution in [0.3, 0.4) is 0 Å². The molecule has 0 amide bonds. The molecule has 0 saturated heterocycles. The lowest BCUT2D eigenvalue weighted by Crippen LogP contribution is -2.23. The number of rotatable bonds is 10. The Morgan fingerprint density at radius 2 is 2.10 bits per heavy atom. The highest BCUT2D eigenvalue weighted by Crippen LogP contribution is 2.29. The number of ether oxygens (including phenoxy) is 2. The molecule has 0 bridgehead atoms. The van der Waals surface area contributed by atoms with E-state index >= 15 is 0 Å². The van der Waals surface area contributed by atoms with Crippen LogP contribution in [0.4, 0.5) is 0 Å². The standard InChI is InChI=1S/C18H29NO2/c1-4-12-19-18(11-8-14(2)20-3)15-6-5-7-17(13-15)21-16-9-10-16/h5-7,13-14,16,18-19H,4,8-12H2,1-3H3. The summed E-state index contributed by atoms with van der Waals surface area (Å²) in [5.41, 5.74) is 1.32. The Bertz CT molecular complexity index is 417. The predicted octanol–water partition coefficient (Wildman–Crippen LogP) is 4.08. The first-order valence-corrected chi connectivity index (χ1v) is 8.25. The van der Waals surface area contributed by atoms with Gasteiger partial charge in [-0.05, 0) is 63.3 Å².